The van der Waals surface area contributed by atoms with Crippen molar-refractivity contribution < 1.29 is 23.8 Å². The molecule has 1 aliphatic heterocycles. The van der Waals surface area contributed by atoms with E-state index in [2.05, 4.69) is 0 Å². The third kappa shape index (κ3) is 3.25. The molecule has 5 nitrogen and oxygen atoms in total. The molecular formula is C16H14FNO4S. The van der Waals surface area contributed by atoms with Gasteiger partial charge in [-0.25, -0.2) is 9.18 Å². The van der Waals surface area contributed by atoms with Crippen LogP contribution in [0.25, 0.3) is 0 Å². The van der Waals surface area contributed by atoms with Gasteiger partial charge in [-0.05, 0) is 29.6 Å². The summed E-state index contributed by atoms with van der Waals surface area (Å²) in [5, 5.41) is 10.8. The van der Waals surface area contributed by atoms with Gasteiger partial charge >= 0.3 is 5.97 Å². The van der Waals surface area contributed by atoms with Crippen molar-refractivity contribution in [2.45, 2.75) is 6.10 Å². The number of amides is 1. The van der Waals surface area contributed by atoms with E-state index in [9.17, 15) is 14.0 Å². The highest BCUT2D eigenvalue weighted by Gasteiger charge is 2.27. The molecule has 0 saturated carbocycles. The number of benzene rings is 1. The minimum absolute atomic E-state index is 0.138. The number of nitrogens with zero attached hydrogens (tertiary/aromatic N) is 1. The monoisotopic (exact) mass is 335 g/mol. The average Bonchev–Trinajstić information content (AvgIpc) is 3.08. The molecule has 3 rings (SSSR count). The van der Waals surface area contributed by atoms with Crippen LogP contribution < -0.4 is 0 Å². The second kappa shape index (κ2) is 6.47. The van der Waals surface area contributed by atoms with Crippen LogP contribution in [0.15, 0.2) is 35.7 Å². The molecular weight excluding hydrogens is 321 g/mol. The summed E-state index contributed by atoms with van der Waals surface area (Å²) in [4.78, 5) is 26.0. The summed E-state index contributed by atoms with van der Waals surface area (Å²) in [5.41, 5.74) is -0.306. The number of halogens is 1. The Morgan fingerprint density at radius 3 is 2.83 bits per heavy atom. The van der Waals surface area contributed by atoms with E-state index < -0.39 is 17.3 Å². The van der Waals surface area contributed by atoms with Crippen molar-refractivity contribution in [3.05, 3.63) is 57.5 Å². The van der Waals surface area contributed by atoms with Gasteiger partial charge < -0.3 is 14.7 Å². The van der Waals surface area contributed by atoms with Crippen molar-refractivity contribution in [3.63, 3.8) is 0 Å². The molecule has 0 bridgehead atoms. The van der Waals surface area contributed by atoms with Gasteiger partial charge in [0, 0.05) is 17.0 Å². The minimum Gasteiger partial charge on any atom is -0.478 e. The molecule has 1 fully saturated rings. The lowest BCUT2D eigenvalue weighted by atomic mass is 10.1. The summed E-state index contributed by atoms with van der Waals surface area (Å²) in [6, 6.07) is 7.29. The van der Waals surface area contributed by atoms with E-state index >= 15 is 0 Å². The topological polar surface area (TPSA) is 66.8 Å². The second-order valence-electron chi connectivity index (χ2n) is 5.13. The highest BCUT2D eigenvalue weighted by molar-refractivity contribution is 7.10. The van der Waals surface area contributed by atoms with Crippen molar-refractivity contribution >= 4 is 23.2 Å². The first kappa shape index (κ1) is 15.6. The summed E-state index contributed by atoms with van der Waals surface area (Å²) in [6.45, 7) is 1.22. The van der Waals surface area contributed by atoms with Gasteiger partial charge in [0.15, 0.2) is 0 Å². The van der Waals surface area contributed by atoms with E-state index in [1.54, 1.807) is 16.2 Å². The third-order valence-electron chi connectivity index (χ3n) is 3.66. The Kier molecular flexibility index (Phi) is 4.40. The van der Waals surface area contributed by atoms with Gasteiger partial charge in [-0.15, -0.1) is 11.3 Å². The molecule has 120 valence electrons. The van der Waals surface area contributed by atoms with Crippen molar-refractivity contribution in [2.24, 2.45) is 0 Å². The number of carboxylic acid groups (broad SMARTS) is 1. The quantitative estimate of drug-likeness (QED) is 0.937. The molecule has 2 heterocycles. The Morgan fingerprint density at radius 1 is 1.35 bits per heavy atom. The fourth-order valence-electron chi connectivity index (χ4n) is 2.48. The number of carbonyl (C=O) groups is 2. The minimum atomic E-state index is -1.36. The summed E-state index contributed by atoms with van der Waals surface area (Å²) < 4.78 is 19.4. The van der Waals surface area contributed by atoms with E-state index in [1.807, 2.05) is 17.5 Å². The number of thiophene rings is 1. The molecule has 1 aliphatic rings. The lowest BCUT2D eigenvalue weighted by Crippen LogP contribution is -2.42. The number of hydrogen-bond donors (Lipinski definition) is 1. The molecule has 7 heteroatoms. The molecule has 1 amide bonds. The lowest BCUT2D eigenvalue weighted by Gasteiger charge is -2.32. The van der Waals surface area contributed by atoms with Crippen molar-refractivity contribution in [2.75, 3.05) is 19.7 Å². The molecule has 0 aliphatic carbocycles. The van der Waals surface area contributed by atoms with Crippen LogP contribution in [-0.4, -0.2) is 41.6 Å². The van der Waals surface area contributed by atoms with Crippen molar-refractivity contribution in [3.8, 4) is 0 Å². The molecule has 1 atom stereocenters. The van der Waals surface area contributed by atoms with Crippen LogP contribution in [0, 0.1) is 5.82 Å². The van der Waals surface area contributed by atoms with Gasteiger partial charge in [-0.1, -0.05) is 6.07 Å². The summed E-state index contributed by atoms with van der Waals surface area (Å²) in [6.07, 6.45) is -0.184. The van der Waals surface area contributed by atoms with E-state index in [-0.39, 0.29) is 17.6 Å². The maximum atomic E-state index is 13.8. The fraction of sp³-hybridized carbons (Fsp3) is 0.250. The Morgan fingerprint density at radius 2 is 2.17 bits per heavy atom. The Balaban J connectivity index is 1.77. The SMILES string of the molecule is O=C(O)c1ccc(C(=O)N2CCOC(c3cccs3)C2)cc1F. The molecule has 1 N–H and O–H groups in total. The Labute approximate surface area is 135 Å². The molecule has 1 aromatic carbocycles. The van der Waals surface area contributed by atoms with E-state index in [1.165, 1.54) is 6.07 Å². The Bertz CT molecular complexity index is 732. The van der Waals surface area contributed by atoms with Crippen LogP contribution in [0.3, 0.4) is 0 Å². The van der Waals surface area contributed by atoms with Crippen LogP contribution in [-0.2, 0) is 4.74 Å². The average molecular weight is 335 g/mol. The highest BCUT2D eigenvalue weighted by Crippen LogP contribution is 2.27. The number of morpholine rings is 1. The smallest absolute Gasteiger partial charge is 0.338 e. The first-order chi connectivity index (χ1) is 11.1. The van der Waals surface area contributed by atoms with Crippen LogP contribution in [0.1, 0.15) is 31.7 Å². The number of ether oxygens (including phenoxy) is 1. The van der Waals surface area contributed by atoms with E-state index in [0.717, 1.165) is 17.0 Å². The predicted octanol–water partition coefficient (Wildman–Crippen LogP) is 2.80. The van der Waals surface area contributed by atoms with Crippen molar-refractivity contribution in [1.29, 1.82) is 0 Å². The summed E-state index contributed by atoms with van der Waals surface area (Å²) in [7, 11) is 0. The first-order valence-corrected chi connectivity index (χ1v) is 7.91. The maximum Gasteiger partial charge on any atom is 0.338 e. The molecule has 1 unspecified atom stereocenters. The highest BCUT2D eigenvalue weighted by atomic mass is 32.1. The molecule has 0 spiro atoms. The summed E-state index contributed by atoms with van der Waals surface area (Å²) >= 11 is 1.56. The van der Waals surface area contributed by atoms with Gasteiger partial charge in [0.25, 0.3) is 5.91 Å². The van der Waals surface area contributed by atoms with E-state index in [4.69, 9.17) is 9.84 Å². The van der Waals surface area contributed by atoms with Gasteiger partial charge in [-0.2, -0.15) is 0 Å². The van der Waals surface area contributed by atoms with Crippen molar-refractivity contribution in [1.82, 2.24) is 4.90 Å². The predicted molar refractivity (Wildman–Crippen MR) is 82.3 cm³/mol. The number of carboxylic acids is 1. The number of hydrogen-bond acceptors (Lipinski definition) is 4. The lowest BCUT2D eigenvalue weighted by molar-refractivity contribution is -0.0211. The third-order valence-corrected chi connectivity index (χ3v) is 4.62. The molecule has 2 aromatic rings. The van der Waals surface area contributed by atoms with Gasteiger partial charge in [-0.3, -0.25) is 4.79 Å². The zero-order valence-electron chi connectivity index (χ0n) is 12.1. The fourth-order valence-corrected chi connectivity index (χ4v) is 3.25. The van der Waals surface area contributed by atoms with E-state index in [0.29, 0.717) is 19.7 Å². The number of aromatic carboxylic acids is 1. The van der Waals surface area contributed by atoms with Crippen LogP contribution in [0.5, 0.6) is 0 Å². The largest absolute Gasteiger partial charge is 0.478 e. The van der Waals surface area contributed by atoms with Crippen LogP contribution >= 0.6 is 11.3 Å². The zero-order chi connectivity index (χ0) is 16.4. The maximum absolute atomic E-state index is 13.8. The van der Waals surface area contributed by atoms with Crippen LogP contribution in [0.4, 0.5) is 4.39 Å². The van der Waals surface area contributed by atoms with Gasteiger partial charge in [0.1, 0.15) is 11.9 Å². The first-order valence-electron chi connectivity index (χ1n) is 7.03. The number of carbonyl (C=O) groups excluding carboxylic acids is 1. The van der Waals surface area contributed by atoms with Crippen LogP contribution in [0.2, 0.25) is 0 Å². The van der Waals surface area contributed by atoms with Gasteiger partial charge in [0.2, 0.25) is 0 Å². The molecule has 0 radical (unpaired) electrons. The summed E-state index contributed by atoms with van der Waals surface area (Å²) in [5.74, 6) is -2.59. The normalized spacial score (nSPS) is 18.0. The standard InChI is InChI=1S/C16H14FNO4S/c17-12-8-10(3-4-11(12)16(20)21)15(19)18-5-6-22-13(9-18)14-2-1-7-23-14/h1-4,7-8,13H,5-6,9H2,(H,20,21). The Hall–Kier alpha value is -2.25. The zero-order valence-corrected chi connectivity index (χ0v) is 12.9. The molecule has 23 heavy (non-hydrogen) atoms. The second-order valence-corrected chi connectivity index (χ2v) is 6.11. The molecule has 1 aromatic heterocycles. The number of rotatable bonds is 3. The molecule has 1 saturated heterocycles. The van der Waals surface area contributed by atoms with Gasteiger partial charge in [0.05, 0.1) is 18.7 Å².